The van der Waals surface area contributed by atoms with Gasteiger partial charge >= 0.3 is 5.97 Å². The molecule has 5 nitrogen and oxygen atoms in total. The van der Waals surface area contributed by atoms with E-state index in [2.05, 4.69) is 9.72 Å². The van der Waals surface area contributed by atoms with Gasteiger partial charge in [-0.3, -0.25) is 9.59 Å². The zero-order valence-corrected chi connectivity index (χ0v) is 11.6. The van der Waals surface area contributed by atoms with E-state index in [9.17, 15) is 14.4 Å². The lowest BCUT2D eigenvalue weighted by Gasteiger charge is -2.05. The molecule has 20 heavy (non-hydrogen) atoms. The first kappa shape index (κ1) is 14.0. The molecule has 0 saturated carbocycles. The fourth-order valence-electron chi connectivity index (χ4n) is 2.09. The second-order valence-corrected chi connectivity index (χ2v) is 4.49. The molecule has 1 aromatic heterocycles. The van der Waals surface area contributed by atoms with E-state index in [-0.39, 0.29) is 17.1 Å². The molecule has 1 heterocycles. The van der Waals surface area contributed by atoms with Crippen molar-refractivity contribution in [3.63, 3.8) is 0 Å². The number of hydrogen-bond donors (Lipinski definition) is 1. The molecule has 0 bridgehead atoms. The minimum atomic E-state index is -0.574. The van der Waals surface area contributed by atoms with Crippen molar-refractivity contribution in [2.24, 2.45) is 0 Å². The van der Waals surface area contributed by atoms with Crippen molar-refractivity contribution in [1.29, 1.82) is 0 Å². The molecular formula is C15H15NO4. The predicted molar refractivity (Wildman–Crippen MR) is 74.3 cm³/mol. The van der Waals surface area contributed by atoms with Crippen molar-refractivity contribution in [2.45, 2.75) is 20.3 Å². The number of aromatic nitrogens is 1. The van der Waals surface area contributed by atoms with Gasteiger partial charge in [0.15, 0.2) is 11.6 Å². The Balaban J connectivity index is 2.67. The molecule has 1 aromatic carbocycles. The molecule has 0 unspecified atom stereocenters. The van der Waals surface area contributed by atoms with Crippen LogP contribution in [0.4, 0.5) is 0 Å². The van der Waals surface area contributed by atoms with Crippen LogP contribution in [0.5, 0.6) is 0 Å². The summed E-state index contributed by atoms with van der Waals surface area (Å²) in [5.74, 6) is -0.822. The van der Waals surface area contributed by atoms with E-state index in [1.807, 2.05) is 0 Å². The van der Waals surface area contributed by atoms with Crippen LogP contribution in [0.1, 0.15) is 51.5 Å². The molecule has 0 atom stereocenters. The highest BCUT2D eigenvalue weighted by atomic mass is 16.5. The molecule has 5 heteroatoms. The number of aromatic amines is 1. The van der Waals surface area contributed by atoms with Gasteiger partial charge in [-0.15, -0.1) is 0 Å². The minimum absolute atomic E-state index is 0.0230. The van der Waals surface area contributed by atoms with Gasteiger partial charge in [0.2, 0.25) is 0 Å². The minimum Gasteiger partial charge on any atom is -0.465 e. The highest BCUT2D eigenvalue weighted by Gasteiger charge is 2.18. The van der Waals surface area contributed by atoms with Crippen molar-refractivity contribution in [1.82, 2.24) is 4.98 Å². The molecule has 0 spiro atoms. The average Bonchev–Trinajstić information content (AvgIpc) is 2.86. The van der Waals surface area contributed by atoms with Crippen molar-refractivity contribution in [3.05, 3.63) is 35.0 Å². The summed E-state index contributed by atoms with van der Waals surface area (Å²) < 4.78 is 4.68. The number of carbonyl (C=O) groups is 3. The molecular weight excluding hydrogens is 258 g/mol. The number of ketones is 2. The highest BCUT2D eigenvalue weighted by molar-refractivity contribution is 6.09. The maximum absolute atomic E-state index is 11.7. The van der Waals surface area contributed by atoms with Gasteiger partial charge in [0, 0.05) is 22.9 Å². The van der Waals surface area contributed by atoms with E-state index in [0.29, 0.717) is 23.2 Å². The SMILES string of the molecule is CCC(=O)c1cc2cc(C(C)=O)c(C(=O)OC)cc2[nH]1. The smallest absolute Gasteiger partial charge is 0.338 e. The molecule has 0 fully saturated rings. The van der Waals surface area contributed by atoms with Gasteiger partial charge in [-0.1, -0.05) is 6.92 Å². The van der Waals surface area contributed by atoms with Gasteiger partial charge in [-0.25, -0.2) is 4.79 Å². The van der Waals surface area contributed by atoms with Crippen LogP contribution in [-0.2, 0) is 4.74 Å². The van der Waals surface area contributed by atoms with Crippen molar-refractivity contribution in [2.75, 3.05) is 7.11 Å². The Kier molecular flexibility index (Phi) is 3.70. The number of fused-ring (bicyclic) bond motifs is 1. The summed E-state index contributed by atoms with van der Waals surface area (Å²) in [7, 11) is 1.26. The van der Waals surface area contributed by atoms with Crippen LogP contribution in [0, 0.1) is 0 Å². The number of esters is 1. The Morgan fingerprint density at radius 1 is 1.15 bits per heavy atom. The molecule has 0 aliphatic heterocycles. The van der Waals surface area contributed by atoms with Crippen LogP contribution in [-0.4, -0.2) is 29.6 Å². The lowest BCUT2D eigenvalue weighted by molar-refractivity contribution is 0.0597. The maximum Gasteiger partial charge on any atom is 0.338 e. The summed E-state index contributed by atoms with van der Waals surface area (Å²) >= 11 is 0. The number of hydrogen-bond acceptors (Lipinski definition) is 4. The fourth-order valence-corrected chi connectivity index (χ4v) is 2.09. The highest BCUT2D eigenvalue weighted by Crippen LogP contribution is 2.23. The van der Waals surface area contributed by atoms with Crippen LogP contribution in [0.25, 0.3) is 10.9 Å². The van der Waals surface area contributed by atoms with Crippen molar-refractivity contribution in [3.8, 4) is 0 Å². The number of H-pyrrole nitrogens is 1. The third-order valence-corrected chi connectivity index (χ3v) is 3.16. The third-order valence-electron chi connectivity index (χ3n) is 3.16. The van der Waals surface area contributed by atoms with E-state index in [0.717, 1.165) is 5.39 Å². The number of rotatable bonds is 4. The molecule has 2 rings (SSSR count). The zero-order chi connectivity index (χ0) is 14.9. The number of Topliss-reactive ketones (excluding diaryl/α,β-unsaturated/α-hetero) is 2. The average molecular weight is 273 g/mol. The molecule has 1 N–H and O–H groups in total. The summed E-state index contributed by atoms with van der Waals surface area (Å²) in [6.07, 6.45) is 0.385. The maximum atomic E-state index is 11.7. The molecule has 0 radical (unpaired) electrons. The fraction of sp³-hybridized carbons (Fsp3) is 0.267. The lowest BCUT2D eigenvalue weighted by atomic mass is 10.0. The van der Waals surface area contributed by atoms with E-state index in [1.165, 1.54) is 14.0 Å². The molecule has 0 aliphatic rings. The Labute approximate surface area is 115 Å². The van der Waals surface area contributed by atoms with Gasteiger partial charge in [-0.2, -0.15) is 0 Å². The summed E-state index contributed by atoms with van der Waals surface area (Å²) in [4.78, 5) is 38.0. The zero-order valence-electron chi connectivity index (χ0n) is 11.6. The Hall–Kier alpha value is -2.43. The molecule has 0 aliphatic carbocycles. The van der Waals surface area contributed by atoms with Crippen LogP contribution >= 0.6 is 0 Å². The van der Waals surface area contributed by atoms with Crippen LogP contribution in [0.15, 0.2) is 18.2 Å². The van der Waals surface area contributed by atoms with Gasteiger partial charge in [-0.05, 0) is 25.1 Å². The molecule has 2 aromatic rings. The van der Waals surface area contributed by atoms with E-state index in [1.54, 1.807) is 25.1 Å². The van der Waals surface area contributed by atoms with Crippen LogP contribution in [0.2, 0.25) is 0 Å². The Bertz CT molecular complexity index is 712. The lowest BCUT2D eigenvalue weighted by Crippen LogP contribution is -2.08. The topological polar surface area (TPSA) is 76.2 Å². The van der Waals surface area contributed by atoms with E-state index in [4.69, 9.17) is 0 Å². The number of methoxy groups -OCH3 is 1. The van der Waals surface area contributed by atoms with Crippen LogP contribution in [0.3, 0.4) is 0 Å². The predicted octanol–water partition coefficient (Wildman–Crippen LogP) is 2.75. The largest absolute Gasteiger partial charge is 0.465 e. The van der Waals surface area contributed by atoms with Gasteiger partial charge in [0.05, 0.1) is 18.4 Å². The van der Waals surface area contributed by atoms with Crippen molar-refractivity contribution >= 4 is 28.4 Å². The summed E-state index contributed by atoms with van der Waals surface area (Å²) in [5, 5.41) is 0.722. The molecule has 104 valence electrons. The first-order chi connectivity index (χ1) is 9.47. The first-order valence-corrected chi connectivity index (χ1v) is 6.27. The monoisotopic (exact) mass is 273 g/mol. The van der Waals surface area contributed by atoms with Gasteiger partial charge in [0.1, 0.15) is 0 Å². The second-order valence-electron chi connectivity index (χ2n) is 4.49. The van der Waals surface area contributed by atoms with Gasteiger partial charge in [0.25, 0.3) is 0 Å². The number of ether oxygens (including phenoxy) is 1. The summed E-state index contributed by atoms with van der Waals surface area (Å²) in [6.45, 7) is 3.16. The number of carbonyl (C=O) groups excluding carboxylic acids is 3. The third kappa shape index (κ3) is 2.34. The molecule has 0 amide bonds. The number of benzene rings is 1. The van der Waals surface area contributed by atoms with Gasteiger partial charge < -0.3 is 9.72 Å². The van der Waals surface area contributed by atoms with E-state index >= 15 is 0 Å². The van der Waals surface area contributed by atoms with Crippen molar-refractivity contribution < 1.29 is 19.1 Å². The first-order valence-electron chi connectivity index (χ1n) is 6.27. The normalized spacial score (nSPS) is 10.6. The molecule has 0 saturated heterocycles. The Morgan fingerprint density at radius 2 is 1.85 bits per heavy atom. The Morgan fingerprint density at radius 3 is 2.40 bits per heavy atom. The quantitative estimate of drug-likeness (QED) is 0.686. The van der Waals surface area contributed by atoms with E-state index < -0.39 is 5.97 Å². The standard InChI is InChI=1S/C15H15NO4/c1-4-14(18)13-6-9-5-10(8(2)17)11(15(19)20-3)7-12(9)16-13/h5-7,16H,4H2,1-3H3. The second kappa shape index (κ2) is 5.28. The summed E-state index contributed by atoms with van der Waals surface area (Å²) in [6, 6.07) is 4.84. The number of nitrogens with one attached hydrogen (secondary N) is 1. The van der Waals surface area contributed by atoms with Crippen LogP contribution < -0.4 is 0 Å². The summed E-state index contributed by atoms with van der Waals surface area (Å²) in [5.41, 5.74) is 1.59.